The van der Waals surface area contributed by atoms with Crippen LogP contribution in [0.15, 0.2) is 24.3 Å². The van der Waals surface area contributed by atoms with Crippen molar-refractivity contribution in [3.05, 3.63) is 29.8 Å². The normalized spacial score (nSPS) is 20.9. The highest BCUT2D eigenvalue weighted by molar-refractivity contribution is 5.59. The number of hydrogen-bond acceptors (Lipinski definition) is 2. The summed E-state index contributed by atoms with van der Waals surface area (Å²) < 4.78 is 0. The summed E-state index contributed by atoms with van der Waals surface area (Å²) in [5.41, 5.74) is 8.85. The second kappa shape index (κ2) is 4.88. The molecule has 0 saturated carbocycles. The lowest BCUT2D eigenvalue weighted by Gasteiger charge is -2.28. The molecule has 0 bridgehead atoms. The predicted molar refractivity (Wildman–Crippen MR) is 69.8 cm³/mol. The number of benzene rings is 1. The van der Waals surface area contributed by atoms with E-state index >= 15 is 0 Å². The quantitative estimate of drug-likeness (QED) is 0.841. The molecule has 2 rings (SSSR count). The van der Waals surface area contributed by atoms with E-state index in [0.29, 0.717) is 12.1 Å². The molecule has 0 spiro atoms. The molecule has 0 aliphatic carbocycles. The molecule has 2 atom stereocenters. The molecule has 1 aromatic rings. The second-order valence-corrected chi connectivity index (χ2v) is 4.89. The highest BCUT2D eigenvalue weighted by Crippen LogP contribution is 2.33. The van der Waals surface area contributed by atoms with Gasteiger partial charge in [-0.1, -0.05) is 25.1 Å². The van der Waals surface area contributed by atoms with Crippen LogP contribution in [0.25, 0.3) is 0 Å². The number of para-hydroxylation sites is 1. The Bertz CT molecular complexity index is 346. The van der Waals surface area contributed by atoms with Gasteiger partial charge in [0.2, 0.25) is 0 Å². The third kappa shape index (κ3) is 2.22. The van der Waals surface area contributed by atoms with Crippen LogP contribution < -0.4 is 10.6 Å². The van der Waals surface area contributed by atoms with Crippen molar-refractivity contribution in [2.45, 2.75) is 45.2 Å². The molecule has 88 valence electrons. The van der Waals surface area contributed by atoms with Crippen molar-refractivity contribution in [1.82, 2.24) is 0 Å². The van der Waals surface area contributed by atoms with Gasteiger partial charge in [-0.15, -0.1) is 0 Å². The molecule has 1 aromatic carbocycles. The summed E-state index contributed by atoms with van der Waals surface area (Å²) in [6.07, 6.45) is 3.45. The summed E-state index contributed by atoms with van der Waals surface area (Å²) >= 11 is 0. The van der Waals surface area contributed by atoms with E-state index in [1.165, 1.54) is 17.7 Å². The van der Waals surface area contributed by atoms with Gasteiger partial charge < -0.3 is 10.6 Å². The van der Waals surface area contributed by atoms with Crippen molar-refractivity contribution in [3.63, 3.8) is 0 Å². The fourth-order valence-corrected chi connectivity index (χ4v) is 2.71. The Hall–Kier alpha value is -1.02. The van der Waals surface area contributed by atoms with Gasteiger partial charge in [0.1, 0.15) is 0 Å². The molecule has 1 aliphatic heterocycles. The fraction of sp³-hybridized carbons (Fsp3) is 0.571. The first-order valence-corrected chi connectivity index (χ1v) is 6.32. The van der Waals surface area contributed by atoms with Crippen molar-refractivity contribution < 1.29 is 0 Å². The van der Waals surface area contributed by atoms with Crippen LogP contribution in [0.1, 0.15) is 32.3 Å². The minimum absolute atomic E-state index is 0.290. The smallest absolute Gasteiger partial charge is 0.0402 e. The molecule has 2 unspecified atom stereocenters. The fourth-order valence-electron chi connectivity index (χ4n) is 2.71. The van der Waals surface area contributed by atoms with Gasteiger partial charge in [-0.2, -0.15) is 0 Å². The van der Waals surface area contributed by atoms with Gasteiger partial charge in [0.15, 0.2) is 0 Å². The van der Waals surface area contributed by atoms with E-state index in [4.69, 9.17) is 5.73 Å². The van der Waals surface area contributed by atoms with Crippen molar-refractivity contribution in [2.24, 2.45) is 5.73 Å². The largest absolute Gasteiger partial charge is 0.368 e. The zero-order valence-electron chi connectivity index (χ0n) is 10.3. The number of rotatable bonds is 4. The summed E-state index contributed by atoms with van der Waals surface area (Å²) in [7, 11) is 0. The molecule has 1 aliphatic rings. The topological polar surface area (TPSA) is 29.3 Å². The van der Waals surface area contributed by atoms with Gasteiger partial charge in [0.05, 0.1) is 0 Å². The summed E-state index contributed by atoms with van der Waals surface area (Å²) in [4.78, 5) is 2.54. The first kappa shape index (κ1) is 11.5. The number of nitrogens with zero attached hydrogens (tertiary/aromatic N) is 1. The van der Waals surface area contributed by atoms with E-state index in [-0.39, 0.29) is 0 Å². The monoisotopic (exact) mass is 218 g/mol. The summed E-state index contributed by atoms with van der Waals surface area (Å²) in [5.74, 6) is 0. The number of nitrogens with two attached hydrogens (primary N) is 1. The van der Waals surface area contributed by atoms with Gasteiger partial charge in [0, 0.05) is 24.3 Å². The molecular weight excluding hydrogens is 196 g/mol. The molecule has 0 amide bonds. The molecule has 0 fully saturated rings. The van der Waals surface area contributed by atoms with Gasteiger partial charge in [0.25, 0.3) is 0 Å². The van der Waals surface area contributed by atoms with Crippen LogP contribution in [0, 0.1) is 0 Å². The maximum Gasteiger partial charge on any atom is 0.0402 e. The summed E-state index contributed by atoms with van der Waals surface area (Å²) in [6.45, 7) is 5.49. The molecule has 2 nitrogen and oxygen atoms in total. The molecule has 0 saturated heterocycles. The summed E-state index contributed by atoms with van der Waals surface area (Å²) in [5, 5.41) is 0. The van der Waals surface area contributed by atoms with E-state index in [2.05, 4.69) is 43.0 Å². The lowest BCUT2D eigenvalue weighted by atomic mass is 10.0. The Morgan fingerprint density at radius 2 is 2.19 bits per heavy atom. The molecule has 2 heteroatoms. The zero-order chi connectivity index (χ0) is 11.5. The van der Waals surface area contributed by atoms with Gasteiger partial charge in [-0.05, 0) is 37.8 Å². The van der Waals surface area contributed by atoms with Crippen molar-refractivity contribution >= 4 is 5.69 Å². The van der Waals surface area contributed by atoms with Crippen LogP contribution in [0.4, 0.5) is 5.69 Å². The molecule has 0 radical (unpaired) electrons. The zero-order valence-corrected chi connectivity index (χ0v) is 10.3. The van der Waals surface area contributed by atoms with Crippen LogP contribution in [-0.4, -0.2) is 18.6 Å². The van der Waals surface area contributed by atoms with E-state index in [0.717, 1.165) is 19.4 Å². The molecule has 16 heavy (non-hydrogen) atoms. The van der Waals surface area contributed by atoms with Crippen molar-refractivity contribution in [1.29, 1.82) is 0 Å². The predicted octanol–water partition coefficient (Wildman–Crippen LogP) is 2.57. The van der Waals surface area contributed by atoms with Crippen LogP contribution >= 0.6 is 0 Å². The van der Waals surface area contributed by atoms with Crippen LogP contribution in [0.2, 0.25) is 0 Å². The lowest BCUT2D eigenvalue weighted by Crippen LogP contribution is -2.37. The van der Waals surface area contributed by atoms with Crippen LogP contribution in [-0.2, 0) is 6.42 Å². The van der Waals surface area contributed by atoms with Gasteiger partial charge in [-0.25, -0.2) is 0 Å². The summed E-state index contributed by atoms with van der Waals surface area (Å²) in [6, 6.07) is 9.66. The van der Waals surface area contributed by atoms with E-state index in [1.54, 1.807) is 0 Å². The average molecular weight is 218 g/mol. The molecule has 1 heterocycles. The second-order valence-electron chi connectivity index (χ2n) is 4.89. The van der Waals surface area contributed by atoms with E-state index < -0.39 is 0 Å². The third-order valence-electron chi connectivity index (χ3n) is 3.31. The highest BCUT2D eigenvalue weighted by Gasteiger charge is 2.28. The first-order chi connectivity index (χ1) is 7.72. The Labute approximate surface area is 98.4 Å². The Balaban J connectivity index is 2.19. The minimum Gasteiger partial charge on any atom is -0.368 e. The Morgan fingerprint density at radius 3 is 2.88 bits per heavy atom. The van der Waals surface area contributed by atoms with Crippen molar-refractivity contribution in [2.75, 3.05) is 11.4 Å². The van der Waals surface area contributed by atoms with Gasteiger partial charge in [-0.3, -0.25) is 0 Å². The first-order valence-electron chi connectivity index (χ1n) is 6.32. The molecule has 0 aromatic heterocycles. The Morgan fingerprint density at radius 1 is 1.44 bits per heavy atom. The van der Waals surface area contributed by atoms with Crippen LogP contribution in [0.5, 0.6) is 0 Å². The number of fused-ring (bicyclic) bond motifs is 1. The maximum atomic E-state index is 5.94. The maximum absolute atomic E-state index is 5.94. The van der Waals surface area contributed by atoms with Crippen LogP contribution in [0.3, 0.4) is 0 Å². The number of anilines is 1. The molecule has 2 N–H and O–H groups in total. The third-order valence-corrected chi connectivity index (χ3v) is 3.31. The number of hydrogen-bond donors (Lipinski definition) is 1. The van der Waals surface area contributed by atoms with E-state index in [9.17, 15) is 0 Å². The lowest BCUT2D eigenvalue weighted by molar-refractivity contribution is 0.522. The van der Waals surface area contributed by atoms with Crippen molar-refractivity contribution in [3.8, 4) is 0 Å². The standard InChI is InChI=1S/C14H22N2/c1-3-8-16-13(9-11(2)15)10-12-6-4-5-7-14(12)16/h4-7,11,13H,3,8-10,15H2,1-2H3. The molecular formula is C14H22N2. The van der Waals surface area contributed by atoms with E-state index in [1.807, 2.05) is 0 Å². The highest BCUT2D eigenvalue weighted by atomic mass is 15.2. The average Bonchev–Trinajstić information content (AvgIpc) is 2.57. The SMILES string of the molecule is CCCN1c2ccccc2CC1CC(C)N. The Kier molecular flexibility index (Phi) is 3.49. The van der Waals surface area contributed by atoms with Gasteiger partial charge >= 0.3 is 0 Å². The minimum atomic E-state index is 0.290.